The molecule has 3 heterocycles. The molecule has 9 nitrogen and oxygen atoms in total. The number of aryl methyl sites for hydroxylation is 1. The molecule has 0 aliphatic heterocycles. The van der Waals surface area contributed by atoms with E-state index in [2.05, 4.69) is 20.8 Å². The average molecular weight is 610 g/mol. The lowest BCUT2D eigenvalue weighted by Gasteiger charge is -2.34. The number of rotatable bonds is 10. The van der Waals surface area contributed by atoms with Crippen LogP contribution in [0.15, 0.2) is 30.7 Å². The molecule has 0 saturated heterocycles. The van der Waals surface area contributed by atoms with Gasteiger partial charge in [0.25, 0.3) is 5.91 Å². The Balaban J connectivity index is 1.41. The van der Waals surface area contributed by atoms with E-state index in [0.29, 0.717) is 29.1 Å². The van der Waals surface area contributed by atoms with Crippen molar-refractivity contribution in [3.8, 4) is 0 Å². The highest BCUT2D eigenvalue weighted by Gasteiger charge is 2.40. The van der Waals surface area contributed by atoms with Crippen LogP contribution in [0, 0.1) is 17.8 Å². The minimum atomic E-state index is -4.47. The largest absolute Gasteiger partial charge is 0.392 e. The molecule has 43 heavy (non-hydrogen) atoms. The molecule has 2 aliphatic rings. The Morgan fingerprint density at radius 2 is 1.77 bits per heavy atom. The lowest BCUT2D eigenvalue weighted by molar-refractivity contribution is -0.174. The van der Waals surface area contributed by atoms with Crippen LogP contribution >= 0.6 is 0 Å². The van der Waals surface area contributed by atoms with E-state index in [0.717, 1.165) is 26.2 Å². The lowest BCUT2D eigenvalue weighted by atomic mass is 9.77. The molecule has 2 N–H and O–H groups in total. The molecule has 0 unspecified atom stereocenters. The summed E-state index contributed by atoms with van der Waals surface area (Å²) in [5, 5.41) is 14.4. The molecule has 0 aromatic carbocycles. The smallest absolute Gasteiger partial charge is 0.349 e. The molecule has 0 spiro atoms. The first kappa shape index (κ1) is 30.9. The van der Waals surface area contributed by atoms with Crippen molar-refractivity contribution in [2.45, 2.75) is 95.9 Å². The first-order valence-corrected chi connectivity index (χ1v) is 14.8. The van der Waals surface area contributed by atoms with Crippen LogP contribution < -0.4 is 10.6 Å². The number of amides is 2. The van der Waals surface area contributed by atoms with E-state index in [-0.39, 0.29) is 37.5 Å². The maximum absolute atomic E-state index is 14.0. The van der Waals surface area contributed by atoms with Gasteiger partial charge in [-0.25, -0.2) is 18.3 Å². The summed E-state index contributed by atoms with van der Waals surface area (Å²) in [6, 6.07) is 2.13. The molecule has 2 fully saturated rings. The molecule has 0 radical (unpaired) electrons. The molecule has 3 aromatic heterocycles. The molecular weight excluding hydrogens is 573 g/mol. The van der Waals surface area contributed by atoms with E-state index in [1.54, 1.807) is 29.2 Å². The SMILES string of the molecule is CCn1nccc1C(=O)N[C@H](c1cn2ncc([C@H](NC(=O)C[C@H](C)C(F)(F)F)C3CCC3)cc2n1)C1CCC(F)(F)CC1. The highest BCUT2D eigenvalue weighted by Crippen LogP contribution is 2.42. The molecule has 5 rings (SSSR count). The fourth-order valence-electron chi connectivity index (χ4n) is 5.92. The summed E-state index contributed by atoms with van der Waals surface area (Å²) >= 11 is 0. The van der Waals surface area contributed by atoms with Gasteiger partial charge in [-0.2, -0.15) is 23.4 Å². The van der Waals surface area contributed by atoms with Crippen molar-refractivity contribution in [2.75, 3.05) is 0 Å². The average Bonchev–Trinajstić information content (AvgIpc) is 3.56. The van der Waals surface area contributed by atoms with Crippen molar-refractivity contribution in [3.05, 3.63) is 47.7 Å². The number of carbonyl (C=O) groups excluding carboxylic acids is 2. The summed E-state index contributed by atoms with van der Waals surface area (Å²) in [5.74, 6) is -5.83. The third-order valence-electron chi connectivity index (χ3n) is 8.79. The third kappa shape index (κ3) is 6.98. The van der Waals surface area contributed by atoms with Crippen molar-refractivity contribution in [1.82, 2.24) is 35.0 Å². The van der Waals surface area contributed by atoms with Gasteiger partial charge in [-0.05, 0) is 62.1 Å². The van der Waals surface area contributed by atoms with Crippen LogP contribution in [0.25, 0.3) is 5.65 Å². The minimum Gasteiger partial charge on any atom is -0.349 e. The number of hydrogen-bond donors (Lipinski definition) is 2. The molecule has 2 saturated carbocycles. The summed E-state index contributed by atoms with van der Waals surface area (Å²) in [4.78, 5) is 30.6. The van der Waals surface area contributed by atoms with Crippen molar-refractivity contribution in [1.29, 1.82) is 0 Å². The van der Waals surface area contributed by atoms with Crippen LogP contribution in [0.3, 0.4) is 0 Å². The van der Waals surface area contributed by atoms with Gasteiger partial charge < -0.3 is 10.6 Å². The number of halogens is 5. The van der Waals surface area contributed by atoms with E-state index in [1.165, 1.54) is 10.7 Å². The first-order chi connectivity index (χ1) is 20.3. The normalized spacial score (nSPS) is 19.9. The summed E-state index contributed by atoms with van der Waals surface area (Å²) in [5.41, 5.74) is 1.83. The van der Waals surface area contributed by atoms with Crippen LogP contribution in [-0.2, 0) is 11.3 Å². The molecule has 234 valence electrons. The molecular formula is C29H36F5N7O2. The van der Waals surface area contributed by atoms with E-state index in [1.807, 2.05) is 6.92 Å². The predicted molar refractivity (Wildman–Crippen MR) is 146 cm³/mol. The predicted octanol–water partition coefficient (Wildman–Crippen LogP) is 5.79. The zero-order valence-electron chi connectivity index (χ0n) is 24.1. The summed E-state index contributed by atoms with van der Waals surface area (Å²) in [6.07, 6.45) is 2.00. The zero-order valence-corrected chi connectivity index (χ0v) is 24.1. The van der Waals surface area contributed by atoms with Gasteiger partial charge in [0.1, 0.15) is 5.69 Å². The minimum absolute atomic E-state index is 0.0585. The van der Waals surface area contributed by atoms with E-state index >= 15 is 0 Å². The Morgan fingerprint density at radius 1 is 1.07 bits per heavy atom. The Kier molecular flexibility index (Phi) is 8.75. The van der Waals surface area contributed by atoms with Gasteiger partial charge in [0.05, 0.1) is 36.1 Å². The van der Waals surface area contributed by atoms with Crippen molar-refractivity contribution >= 4 is 17.5 Å². The fraction of sp³-hybridized carbons (Fsp3) is 0.621. The van der Waals surface area contributed by atoms with Crippen LogP contribution in [-0.4, -0.2) is 48.3 Å². The summed E-state index contributed by atoms with van der Waals surface area (Å²) in [6.45, 7) is 3.31. The topological polar surface area (TPSA) is 106 Å². The number of nitrogens with zero attached hydrogens (tertiary/aromatic N) is 5. The Bertz CT molecular complexity index is 1440. The second-order valence-corrected chi connectivity index (χ2v) is 11.8. The maximum atomic E-state index is 14.0. The molecule has 2 aliphatic carbocycles. The molecule has 0 bridgehead atoms. The molecule has 3 aromatic rings. The highest BCUT2D eigenvalue weighted by atomic mass is 19.4. The number of carbonyl (C=O) groups is 2. The summed E-state index contributed by atoms with van der Waals surface area (Å²) in [7, 11) is 0. The fourth-order valence-corrected chi connectivity index (χ4v) is 5.92. The van der Waals surface area contributed by atoms with Gasteiger partial charge in [-0.1, -0.05) is 13.3 Å². The van der Waals surface area contributed by atoms with E-state index in [4.69, 9.17) is 4.98 Å². The lowest BCUT2D eigenvalue weighted by Crippen LogP contribution is -2.38. The number of hydrogen-bond acceptors (Lipinski definition) is 5. The second kappa shape index (κ2) is 12.2. The quantitative estimate of drug-likeness (QED) is 0.283. The van der Waals surface area contributed by atoms with Gasteiger partial charge in [0.2, 0.25) is 11.8 Å². The third-order valence-corrected chi connectivity index (χ3v) is 8.79. The van der Waals surface area contributed by atoms with Gasteiger partial charge in [-0.3, -0.25) is 14.3 Å². The number of alkyl halides is 5. The van der Waals surface area contributed by atoms with Crippen molar-refractivity contribution < 1.29 is 31.5 Å². The monoisotopic (exact) mass is 609 g/mol. The van der Waals surface area contributed by atoms with Gasteiger partial charge >= 0.3 is 6.18 Å². The molecule has 14 heteroatoms. The second-order valence-electron chi connectivity index (χ2n) is 11.8. The summed E-state index contributed by atoms with van der Waals surface area (Å²) < 4.78 is 70.2. The van der Waals surface area contributed by atoms with Gasteiger partial charge in [0.15, 0.2) is 5.65 Å². The van der Waals surface area contributed by atoms with Crippen LogP contribution in [0.4, 0.5) is 22.0 Å². The van der Waals surface area contributed by atoms with Crippen LogP contribution in [0.1, 0.15) is 99.0 Å². The Morgan fingerprint density at radius 3 is 2.40 bits per heavy atom. The van der Waals surface area contributed by atoms with E-state index in [9.17, 15) is 31.5 Å². The van der Waals surface area contributed by atoms with Crippen molar-refractivity contribution in [2.24, 2.45) is 17.8 Å². The van der Waals surface area contributed by atoms with Crippen LogP contribution in [0.2, 0.25) is 0 Å². The van der Waals surface area contributed by atoms with Crippen LogP contribution in [0.5, 0.6) is 0 Å². The first-order valence-electron chi connectivity index (χ1n) is 14.8. The zero-order chi connectivity index (χ0) is 30.9. The van der Waals surface area contributed by atoms with E-state index < -0.39 is 48.3 Å². The van der Waals surface area contributed by atoms with Crippen molar-refractivity contribution in [3.63, 3.8) is 0 Å². The highest BCUT2D eigenvalue weighted by molar-refractivity contribution is 5.92. The molecule has 2 amide bonds. The molecule has 3 atom stereocenters. The van der Waals surface area contributed by atoms with Gasteiger partial charge in [0, 0.05) is 32.0 Å². The van der Waals surface area contributed by atoms with Gasteiger partial charge in [-0.15, -0.1) is 0 Å². The number of aromatic nitrogens is 5. The Hall–Kier alpha value is -3.58. The standard InChI is InChI=1S/C29H36F5N7O2/c1-3-40-22(9-12-35-40)27(43)39-26(19-7-10-28(30,31)11-8-19)21-16-41-23(37-21)14-20(15-36-41)25(18-5-4-6-18)38-24(42)13-17(2)29(32,33)34/h9,12,14-19,25-26H,3-8,10-11,13H2,1-2H3,(H,38,42)(H,39,43)/t17-,25+,26-/m0/s1. The Labute approximate surface area is 245 Å². The number of nitrogens with one attached hydrogen (secondary N) is 2. The number of imidazole rings is 1. The maximum Gasteiger partial charge on any atom is 0.392 e. The number of fused-ring (bicyclic) bond motifs is 1.